The third-order valence-corrected chi connectivity index (χ3v) is 4.80. The number of aromatic amines is 1. The van der Waals surface area contributed by atoms with Gasteiger partial charge in [0.2, 0.25) is 0 Å². The lowest BCUT2D eigenvalue weighted by molar-refractivity contribution is 0.102. The first-order chi connectivity index (χ1) is 12.6. The van der Waals surface area contributed by atoms with Crippen LogP contribution in [-0.4, -0.2) is 23.2 Å². The molecule has 0 saturated heterocycles. The maximum absolute atomic E-state index is 13.2. The number of methoxy groups -OCH3 is 1. The molecule has 0 saturated carbocycles. The Balaban J connectivity index is 1.65. The summed E-state index contributed by atoms with van der Waals surface area (Å²) < 4.78 is 18.4. The van der Waals surface area contributed by atoms with Gasteiger partial charge in [-0.2, -0.15) is 5.10 Å². The quantitative estimate of drug-likeness (QED) is 0.724. The van der Waals surface area contributed by atoms with Crippen LogP contribution in [0.5, 0.6) is 5.75 Å². The minimum atomic E-state index is -0.459. The molecular formula is C19H15ClFN3O2. The highest BCUT2D eigenvalue weighted by atomic mass is 35.5. The summed E-state index contributed by atoms with van der Waals surface area (Å²) in [6, 6.07) is 9.65. The number of benzene rings is 2. The van der Waals surface area contributed by atoms with E-state index in [9.17, 15) is 9.18 Å². The van der Waals surface area contributed by atoms with E-state index < -0.39 is 5.82 Å². The molecule has 2 aromatic carbocycles. The van der Waals surface area contributed by atoms with E-state index in [0.29, 0.717) is 17.8 Å². The zero-order valence-electron chi connectivity index (χ0n) is 13.9. The van der Waals surface area contributed by atoms with E-state index in [1.165, 1.54) is 12.1 Å². The molecule has 1 aromatic heterocycles. The first-order valence-corrected chi connectivity index (χ1v) is 8.45. The lowest BCUT2D eigenvalue weighted by atomic mass is 9.89. The van der Waals surface area contributed by atoms with Crippen molar-refractivity contribution in [2.75, 3.05) is 12.4 Å². The second-order valence-electron chi connectivity index (χ2n) is 6.03. The second kappa shape index (κ2) is 6.46. The summed E-state index contributed by atoms with van der Waals surface area (Å²) in [6.07, 6.45) is 1.47. The number of ether oxygens (including phenoxy) is 1. The number of fused-ring (bicyclic) bond motifs is 3. The number of aromatic nitrogens is 2. The molecule has 3 aromatic rings. The van der Waals surface area contributed by atoms with Crippen molar-refractivity contribution in [1.82, 2.24) is 10.2 Å². The van der Waals surface area contributed by atoms with Gasteiger partial charge in [0.25, 0.3) is 5.91 Å². The highest BCUT2D eigenvalue weighted by Gasteiger charge is 2.25. The van der Waals surface area contributed by atoms with Gasteiger partial charge in [0.05, 0.1) is 23.5 Å². The van der Waals surface area contributed by atoms with Crippen LogP contribution in [0.2, 0.25) is 5.02 Å². The standard InChI is InChI=1S/C19H15ClFN3O2/c1-26-12-4-6-13-10(8-12)2-5-14-17(13)23-24-18(14)19(25)22-16-7-3-11(21)9-15(16)20/h3-4,6-9H,2,5H2,1H3,(H,22,25)(H,23,24). The van der Waals surface area contributed by atoms with E-state index in [-0.39, 0.29) is 10.9 Å². The fraction of sp³-hybridized carbons (Fsp3) is 0.158. The number of rotatable bonds is 3. The van der Waals surface area contributed by atoms with Gasteiger partial charge in [-0.25, -0.2) is 4.39 Å². The molecular weight excluding hydrogens is 357 g/mol. The largest absolute Gasteiger partial charge is 0.497 e. The third kappa shape index (κ3) is 2.82. The average molecular weight is 372 g/mol. The number of aryl methyl sites for hydroxylation is 1. The van der Waals surface area contributed by atoms with Crippen LogP contribution in [0.3, 0.4) is 0 Å². The SMILES string of the molecule is COc1ccc2c(c1)CCc1c-2n[nH]c1C(=O)Nc1ccc(F)cc1Cl. The maximum Gasteiger partial charge on any atom is 0.274 e. The van der Waals surface area contributed by atoms with Gasteiger partial charge in [-0.05, 0) is 54.8 Å². The van der Waals surface area contributed by atoms with Crippen LogP contribution >= 0.6 is 11.6 Å². The van der Waals surface area contributed by atoms with Gasteiger partial charge in [-0.3, -0.25) is 9.89 Å². The van der Waals surface area contributed by atoms with Crippen LogP contribution in [0.4, 0.5) is 10.1 Å². The third-order valence-electron chi connectivity index (χ3n) is 4.49. The molecule has 5 nitrogen and oxygen atoms in total. The highest BCUT2D eigenvalue weighted by molar-refractivity contribution is 6.33. The fourth-order valence-electron chi connectivity index (χ4n) is 3.19. The van der Waals surface area contributed by atoms with Crippen LogP contribution in [-0.2, 0) is 12.8 Å². The zero-order chi connectivity index (χ0) is 18.3. The Labute approximate surface area is 154 Å². The van der Waals surface area contributed by atoms with Crippen LogP contribution in [0.1, 0.15) is 21.6 Å². The molecule has 0 aliphatic heterocycles. The summed E-state index contributed by atoms with van der Waals surface area (Å²) in [5.41, 5.74) is 4.49. The first-order valence-electron chi connectivity index (χ1n) is 8.07. The molecule has 0 bridgehead atoms. The van der Waals surface area contributed by atoms with E-state index in [1.54, 1.807) is 7.11 Å². The second-order valence-corrected chi connectivity index (χ2v) is 6.43. The summed E-state index contributed by atoms with van der Waals surface area (Å²) >= 11 is 5.98. The van der Waals surface area contributed by atoms with Gasteiger partial charge in [0, 0.05) is 11.1 Å². The molecule has 0 atom stereocenters. The van der Waals surface area contributed by atoms with E-state index >= 15 is 0 Å². The summed E-state index contributed by atoms with van der Waals surface area (Å²) in [7, 11) is 1.63. The normalized spacial score (nSPS) is 12.3. The van der Waals surface area contributed by atoms with Gasteiger partial charge >= 0.3 is 0 Å². The fourth-order valence-corrected chi connectivity index (χ4v) is 3.40. The molecule has 0 spiro atoms. The number of carbonyl (C=O) groups excluding carboxylic acids is 1. The molecule has 1 aliphatic carbocycles. The van der Waals surface area contributed by atoms with Crippen molar-refractivity contribution in [3.63, 3.8) is 0 Å². The van der Waals surface area contributed by atoms with Crippen molar-refractivity contribution in [1.29, 1.82) is 0 Å². The number of amides is 1. The van der Waals surface area contributed by atoms with Crippen LogP contribution < -0.4 is 10.1 Å². The van der Waals surface area contributed by atoms with Crippen LogP contribution in [0.25, 0.3) is 11.3 Å². The summed E-state index contributed by atoms with van der Waals surface area (Å²) in [6.45, 7) is 0. The van der Waals surface area contributed by atoms with E-state index in [0.717, 1.165) is 40.6 Å². The maximum atomic E-state index is 13.2. The Morgan fingerprint density at radius 3 is 2.88 bits per heavy atom. The highest BCUT2D eigenvalue weighted by Crippen LogP contribution is 2.35. The number of H-pyrrole nitrogens is 1. The molecule has 2 N–H and O–H groups in total. The first kappa shape index (κ1) is 16.6. The lowest BCUT2D eigenvalue weighted by Gasteiger charge is -2.17. The summed E-state index contributed by atoms with van der Waals surface area (Å²) in [5, 5.41) is 10.0. The number of hydrogen-bond acceptors (Lipinski definition) is 3. The number of hydrogen-bond donors (Lipinski definition) is 2. The predicted molar refractivity (Wildman–Crippen MR) is 97.3 cm³/mol. The van der Waals surface area contributed by atoms with Gasteiger partial charge in [0.15, 0.2) is 0 Å². The van der Waals surface area contributed by atoms with Gasteiger partial charge in [-0.1, -0.05) is 11.6 Å². The minimum Gasteiger partial charge on any atom is -0.497 e. The molecule has 1 aliphatic rings. The molecule has 132 valence electrons. The van der Waals surface area contributed by atoms with E-state index in [2.05, 4.69) is 15.5 Å². The van der Waals surface area contributed by atoms with E-state index in [1.807, 2.05) is 18.2 Å². The van der Waals surface area contributed by atoms with Gasteiger partial charge < -0.3 is 10.1 Å². The van der Waals surface area contributed by atoms with Crippen molar-refractivity contribution in [2.24, 2.45) is 0 Å². The summed E-state index contributed by atoms with van der Waals surface area (Å²) in [5.74, 6) is -0.0187. The summed E-state index contributed by atoms with van der Waals surface area (Å²) in [4.78, 5) is 12.6. The van der Waals surface area contributed by atoms with Crippen molar-refractivity contribution in [3.05, 3.63) is 64.1 Å². The average Bonchev–Trinajstić information content (AvgIpc) is 3.08. The Hall–Kier alpha value is -2.86. The number of anilines is 1. The lowest BCUT2D eigenvalue weighted by Crippen LogP contribution is -2.16. The molecule has 0 radical (unpaired) electrons. The molecule has 1 heterocycles. The Bertz CT molecular complexity index is 1020. The molecule has 0 unspecified atom stereocenters. The number of nitrogens with zero attached hydrogens (tertiary/aromatic N) is 1. The molecule has 0 fully saturated rings. The molecule has 26 heavy (non-hydrogen) atoms. The Kier molecular flexibility index (Phi) is 4.12. The molecule has 4 rings (SSSR count). The van der Waals surface area contributed by atoms with E-state index in [4.69, 9.17) is 16.3 Å². The van der Waals surface area contributed by atoms with Crippen molar-refractivity contribution in [3.8, 4) is 17.0 Å². The van der Waals surface area contributed by atoms with Gasteiger partial charge in [0.1, 0.15) is 17.3 Å². The molecule has 1 amide bonds. The number of nitrogens with one attached hydrogen (secondary N) is 2. The van der Waals surface area contributed by atoms with Crippen LogP contribution in [0, 0.1) is 5.82 Å². The topological polar surface area (TPSA) is 67.0 Å². The van der Waals surface area contributed by atoms with Crippen LogP contribution in [0.15, 0.2) is 36.4 Å². The number of halogens is 2. The van der Waals surface area contributed by atoms with Crippen molar-refractivity contribution >= 4 is 23.2 Å². The number of carbonyl (C=O) groups is 1. The van der Waals surface area contributed by atoms with Gasteiger partial charge in [-0.15, -0.1) is 0 Å². The Morgan fingerprint density at radius 1 is 1.27 bits per heavy atom. The van der Waals surface area contributed by atoms with Crippen molar-refractivity contribution < 1.29 is 13.9 Å². The Morgan fingerprint density at radius 2 is 2.12 bits per heavy atom. The monoisotopic (exact) mass is 371 g/mol. The molecule has 7 heteroatoms. The predicted octanol–water partition coefficient (Wildman–Crippen LogP) is 4.23. The van der Waals surface area contributed by atoms with Crippen molar-refractivity contribution in [2.45, 2.75) is 12.8 Å². The minimum absolute atomic E-state index is 0.143. The smallest absolute Gasteiger partial charge is 0.274 e. The zero-order valence-corrected chi connectivity index (χ0v) is 14.7.